The molecule has 0 fully saturated rings. The third kappa shape index (κ3) is 3.10. The summed E-state index contributed by atoms with van der Waals surface area (Å²) in [6, 6.07) is 7.83. The van der Waals surface area contributed by atoms with Crippen molar-refractivity contribution in [3.05, 3.63) is 63.7 Å². The second-order valence-corrected chi connectivity index (χ2v) is 5.36. The molecule has 0 aliphatic rings. The lowest BCUT2D eigenvalue weighted by molar-refractivity contribution is 0.584. The van der Waals surface area contributed by atoms with Crippen LogP contribution in [0.3, 0.4) is 0 Å². The van der Waals surface area contributed by atoms with Gasteiger partial charge < -0.3 is 5.32 Å². The molecule has 1 N–H and O–H groups in total. The van der Waals surface area contributed by atoms with Crippen LogP contribution in [-0.4, -0.2) is 0 Å². The van der Waals surface area contributed by atoms with Crippen molar-refractivity contribution in [1.82, 2.24) is 0 Å². The summed E-state index contributed by atoms with van der Waals surface area (Å²) in [6.07, 6.45) is 0. The average molecular weight is 296 g/mol. The van der Waals surface area contributed by atoms with E-state index in [1.807, 2.05) is 39.0 Å². The van der Waals surface area contributed by atoms with Crippen molar-refractivity contribution < 1.29 is 8.78 Å². The van der Waals surface area contributed by atoms with Crippen LogP contribution < -0.4 is 5.32 Å². The highest BCUT2D eigenvalue weighted by molar-refractivity contribution is 6.33. The van der Waals surface area contributed by atoms with Gasteiger partial charge in [-0.05, 0) is 43.5 Å². The van der Waals surface area contributed by atoms with Gasteiger partial charge in [0.25, 0.3) is 0 Å². The van der Waals surface area contributed by atoms with Gasteiger partial charge in [-0.1, -0.05) is 29.8 Å². The van der Waals surface area contributed by atoms with Gasteiger partial charge in [-0.15, -0.1) is 0 Å². The normalized spacial score (nSPS) is 12.3. The zero-order valence-corrected chi connectivity index (χ0v) is 12.4. The fraction of sp³-hybridized carbons (Fsp3) is 0.250. The molecule has 0 radical (unpaired) electrons. The Bertz CT molecular complexity index is 617. The van der Waals surface area contributed by atoms with Crippen LogP contribution in [-0.2, 0) is 0 Å². The quantitative estimate of drug-likeness (QED) is 0.798. The van der Waals surface area contributed by atoms with E-state index in [1.165, 1.54) is 11.1 Å². The molecule has 0 saturated heterocycles. The van der Waals surface area contributed by atoms with Gasteiger partial charge in [-0.3, -0.25) is 0 Å². The smallest absolute Gasteiger partial charge is 0.150 e. The van der Waals surface area contributed by atoms with E-state index in [1.54, 1.807) is 0 Å². The summed E-state index contributed by atoms with van der Waals surface area (Å²) < 4.78 is 26.8. The molecule has 1 atom stereocenters. The van der Waals surface area contributed by atoms with E-state index in [-0.39, 0.29) is 16.8 Å². The summed E-state index contributed by atoms with van der Waals surface area (Å²) in [5.41, 5.74) is 3.51. The molecule has 0 aliphatic heterocycles. The molecule has 0 spiro atoms. The van der Waals surface area contributed by atoms with Crippen LogP contribution in [0.25, 0.3) is 0 Å². The molecule has 0 saturated carbocycles. The van der Waals surface area contributed by atoms with Crippen molar-refractivity contribution in [2.45, 2.75) is 26.8 Å². The monoisotopic (exact) mass is 295 g/mol. The van der Waals surface area contributed by atoms with Gasteiger partial charge in [-0.2, -0.15) is 0 Å². The first-order valence-electron chi connectivity index (χ1n) is 6.36. The third-order valence-electron chi connectivity index (χ3n) is 3.40. The van der Waals surface area contributed by atoms with Crippen LogP contribution in [0.1, 0.15) is 29.7 Å². The molecule has 0 heterocycles. The predicted octanol–water partition coefficient (Wildman–Crippen LogP) is 5.41. The minimum atomic E-state index is -0.689. The minimum Gasteiger partial charge on any atom is -0.375 e. The molecule has 0 amide bonds. The Balaban J connectivity index is 2.27. The average Bonchev–Trinajstić information content (AvgIpc) is 2.36. The number of rotatable bonds is 3. The Kier molecular flexibility index (Phi) is 4.29. The van der Waals surface area contributed by atoms with Crippen molar-refractivity contribution in [2.24, 2.45) is 0 Å². The lowest BCUT2D eigenvalue weighted by Gasteiger charge is -2.18. The maximum Gasteiger partial charge on any atom is 0.150 e. The van der Waals surface area contributed by atoms with Crippen LogP contribution in [0.4, 0.5) is 14.5 Å². The SMILES string of the molecule is Cc1ccc(C(C)Nc2c(F)cc(F)cc2Cl)cc1C. The van der Waals surface area contributed by atoms with Crippen LogP contribution in [0.5, 0.6) is 0 Å². The van der Waals surface area contributed by atoms with E-state index in [0.29, 0.717) is 0 Å². The molecular formula is C16H16ClF2N. The summed E-state index contributed by atoms with van der Waals surface area (Å²) in [5.74, 6) is -1.37. The first-order chi connectivity index (χ1) is 9.38. The summed E-state index contributed by atoms with van der Waals surface area (Å²) in [7, 11) is 0. The fourth-order valence-electron chi connectivity index (χ4n) is 2.01. The van der Waals surface area contributed by atoms with E-state index in [9.17, 15) is 8.78 Å². The van der Waals surface area contributed by atoms with Crippen molar-refractivity contribution in [2.75, 3.05) is 5.32 Å². The van der Waals surface area contributed by atoms with Gasteiger partial charge in [-0.25, -0.2) is 8.78 Å². The molecule has 2 rings (SSSR count). The number of hydrogen-bond donors (Lipinski definition) is 1. The van der Waals surface area contributed by atoms with Gasteiger partial charge >= 0.3 is 0 Å². The molecule has 2 aromatic carbocycles. The zero-order chi connectivity index (χ0) is 14.9. The summed E-state index contributed by atoms with van der Waals surface area (Å²) >= 11 is 5.88. The topological polar surface area (TPSA) is 12.0 Å². The number of nitrogens with one attached hydrogen (secondary N) is 1. The van der Waals surface area contributed by atoms with Crippen LogP contribution in [0.15, 0.2) is 30.3 Å². The van der Waals surface area contributed by atoms with Gasteiger partial charge in [0.2, 0.25) is 0 Å². The van der Waals surface area contributed by atoms with Crippen LogP contribution in [0.2, 0.25) is 5.02 Å². The lowest BCUT2D eigenvalue weighted by atomic mass is 10.0. The van der Waals surface area contributed by atoms with Crippen molar-refractivity contribution in [3.63, 3.8) is 0 Å². The van der Waals surface area contributed by atoms with Gasteiger partial charge in [0.05, 0.1) is 10.7 Å². The molecule has 1 unspecified atom stereocenters. The minimum absolute atomic E-state index is 0.0400. The summed E-state index contributed by atoms with van der Waals surface area (Å²) in [5, 5.41) is 3.04. The van der Waals surface area contributed by atoms with Gasteiger partial charge in [0, 0.05) is 12.1 Å². The van der Waals surface area contributed by atoms with Crippen LogP contribution in [0, 0.1) is 25.5 Å². The molecule has 2 aromatic rings. The highest BCUT2D eigenvalue weighted by Gasteiger charge is 2.14. The lowest BCUT2D eigenvalue weighted by Crippen LogP contribution is -2.09. The third-order valence-corrected chi connectivity index (χ3v) is 3.70. The van der Waals surface area contributed by atoms with Crippen molar-refractivity contribution in [1.29, 1.82) is 0 Å². The summed E-state index contributed by atoms with van der Waals surface area (Å²) in [6.45, 7) is 5.97. The Morgan fingerprint density at radius 1 is 1.05 bits per heavy atom. The van der Waals surface area contributed by atoms with Crippen LogP contribution >= 0.6 is 11.6 Å². The molecule has 1 nitrogen and oxygen atoms in total. The van der Waals surface area contributed by atoms with Crippen molar-refractivity contribution in [3.8, 4) is 0 Å². The first-order valence-corrected chi connectivity index (χ1v) is 6.74. The number of benzene rings is 2. The second-order valence-electron chi connectivity index (χ2n) is 4.95. The molecular weight excluding hydrogens is 280 g/mol. The predicted molar refractivity (Wildman–Crippen MR) is 79.3 cm³/mol. The van der Waals surface area contributed by atoms with E-state index in [2.05, 4.69) is 5.32 Å². The van der Waals surface area contributed by atoms with E-state index in [4.69, 9.17) is 11.6 Å². The maximum atomic E-state index is 13.7. The van der Waals surface area contributed by atoms with Gasteiger partial charge in [0.1, 0.15) is 5.82 Å². The Hall–Kier alpha value is -1.61. The zero-order valence-electron chi connectivity index (χ0n) is 11.6. The Morgan fingerprint density at radius 3 is 2.35 bits per heavy atom. The number of anilines is 1. The summed E-state index contributed by atoms with van der Waals surface area (Å²) in [4.78, 5) is 0. The second kappa shape index (κ2) is 5.80. The number of aryl methyl sites for hydroxylation is 2. The molecule has 4 heteroatoms. The largest absolute Gasteiger partial charge is 0.375 e. The van der Waals surface area contributed by atoms with Crippen molar-refractivity contribution >= 4 is 17.3 Å². The molecule has 20 heavy (non-hydrogen) atoms. The number of halogens is 3. The molecule has 0 aliphatic carbocycles. The highest BCUT2D eigenvalue weighted by atomic mass is 35.5. The number of hydrogen-bond acceptors (Lipinski definition) is 1. The maximum absolute atomic E-state index is 13.7. The fourth-order valence-corrected chi connectivity index (χ4v) is 2.26. The Labute approximate surface area is 122 Å². The highest BCUT2D eigenvalue weighted by Crippen LogP contribution is 2.30. The van der Waals surface area contributed by atoms with E-state index in [0.717, 1.165) is 17.7 Å². The Morgan fingerprint density at radius 2 is 1.75 bits per heavy atom. The molecule has 106 valence electrons. The van der Waals surface area contributed by atoms with E-state index < -0.39 is 11.6 Å². The molecule has 0 bridgehead atoms. The van der Waals surface area contributed by atoms with Gasteiger partial charge in [0.15, 0.2) is 5.82 Å². The van der Waals surface area contributed by atoms with E-state index >= 15 is 0 Å². The standard InChI is InChI=1S/C16H16ClF2N/c1-9-4-5-12(6-10(9)2)11(3)20-16-14(17)7-13(18)8-15(16)19/h4-8,11,20H,1-3H3. The molecule has 0 aromatic heterocycles. The first kappa shape index (κ1) is 14.8.